The molecule has 0 aromatic carbocycles. The largest absolute Gasteiger partial charge is 0.311 e. The van der Waals surface area contributed by atoms with Gasteiger partial charge in [-0.05, 0) is 32.6 Å². The summed E-state index contributed by atoms with van der Waals surface area (Å²) in [6.07, 6.45) is 3.06. The number of nitriles is 1. The first-order chi connectivity index (χ1) is 6.06. The molecular formula is C11H22N2. The number of nitrogens with zero attached hydrogens (tertiary/aromatic N) is 1. The van der Waals surface area contributed by atoms with Crippen molar-refractivity contribution < 1.29 is 0 Å². The molecule has 0 aromatic rings. The highest BCUT2D eigenvalue weighted by Crippen LogP contribution is 2.07. The van der Waals surface area contributed by atoms with Crippen LogP contribution in [-0.4, -0.2) is 12.1 Å². The molecule has 0 radical (unpaired) electrons. The van der Waals surface area contributed by atoms with Crippen molar-refractivity contribution in [1.82, 2.24) is 5.32 Å². The summed E-state index contributed by atoms with van der Waals surface area (Å²) in [4.78, 5) is 0. The average molecular weight is 182 g/mol. The first-order valence-electron chi connectivity index (χ1n) is 5.19. The molecule has 0 aliphatic heterocycles. The van der Waals surface area contributed by atoms with Gasteiger partial charge in [-0.25, -0.2) is 0 Å². The fraction of sp³-hybridized carbons (Fsp3) is 0.909. The molecule has 2 unspecified atom stereocenters. The maximum absolute atomic E-state index is 8.48. The van der Waals surface area contributed by atoms with Gasteiger partial charge in [0, 0.05) is 12.1 Å². The standard InChI is InChI=1S/C11H22N2/c1-9(2)5-6-10(3)13-11(4)7-8-12/h9-11,13H,5-7H2,1-4H3. The molecule has 2 heteroatoms. The van der Waals surface area contributed by atoms with Gasteiger partial charge in [0.25, 0.3) is 0 Å². The van der Waals surface area contributed by atoms with Gasteiger partial charge in [0.1, 0.15) is 0 Å². The predicted octanol–water partition coefficient (Wildman–Crippen LogP) is 2.70. The van der Waals surface area contributed by atoms with Crippen molar-refractivity contribution in [2.75, 3.05) is 0 Å². The van der Waals surface area contributed by atoms with E-state index in [4.69, 9.17) is 5.26 Å². The Morgan fingerprint density at radius 1 is 1.08 bits per heavy atom. The van der Waals surface area contributed by atoms with Gasteiger partial charge in [0.15, 0.2) is 0 Å². The van der Waals surface area contributed by atoms with Gasteiger partial charge >= 0.3 is 0 Å². The molecule has 0 rings (SSSR count). The lowest BCUT2D eigenvalue weighted by Gasteiger charge is -2.18. The van der Waals surface area contributed by atoms with E-state index in [1.165, 1.54) is 12.8 Å². The summed E-state index contributed by atoms with van der Waals surface area (Å²) in [5.41, 5.74) is 0. The van der Waals surface area contributed by atoms with Crippen LogP contribution in [0.2, 0.25) is 0 Å². The van der Waals surface area contributed by atoms with Crippen molar-refractivity contribution >= 4 is 0 Å². The molecule has 2 atom stereocenters. The Balaban J connectivity index is 3.50. The molecule has 13 heavy (non-hydrogen) atoms. The zero-order valence-electron chi connectivity index (χ0n) is 9.30. The zero-order valence-corrected chi connectivity index (χ0v) is 9.30. The number of hydrogen-bond donors (Lipinski definition) is 1. The predicted molar refractivity (Wildman–Crippen MR) is 56.4 cm³/mol. The van der Waals surface area contributed by atoms with Gasteiger partial charge in [-0.3, -0.25) is 0 Å². The number of nitrogens with one attached hydrogen (secondary N) is 1. The number of rotatable bonds is 6. The highest BCUT2D eigenvalue weighted by Gasteiger charge is 2.07. The lowest BCUT2D eigenvalue weighted by molar-refractivity contribution is 0.413. The van der Waals surface area contributed by atoms with Gasteiger partial charge in [0.2, 0.25) is 0 Å². The fourth-order valence-electron chi connectivity index (χ4n) is 1.35. The van der Waals surface area contributed by atoms with Gasteiger partial charge in [0.05, 0.1) is 12.5 Å². The van der Waals surface area contributed by atoms with E-state index in [0.717, 1.165) is 5.92 Å². The zero-order chi connectivity index (χ0) is 10.3. The Morgan fingerprint density at radius 3 is 2.15 bits per heavy atom. The van der Waals surface area contributed by atoms with Crippen LogP contribution in [0.1, 0.15) is 47.0 Å². The van der Waals surface area contributed by atoms with E-state index < -0.39 is 0 Å². The highest BCUT2D eigenvalue weighted by molar-refractivity contribution is 4.79. The summed E-state index contributed by atoms with van der Waals surface area (Å²) >= 11 is 0. The van der Waals surface area contributed by atoms with Gasteiger partial charge < -0.3 is 5.32 Å². The molecule has 0 bridgehead atoms. The summed E-state index contributed by atoms with van der Waals surface area (Å²) in [5, 5.41) is 11.9. The average Bonchev–Trinajstić information content (AvgIpc) is 2.01. The molecule has 0 heterocycles. The summed E-state index contributed by atoms with van der Waals surface area (Å²) in [6.45, 7) is 8.74. The Hall–Kier alpha value is -0.550. The maximum atomic E-state index is 8.48. The summed E-state index contributed by atoms with van der Waals surface area (Å²) < 4.78 is 0. The summed E-state index contributed by atoms with van der Waals surface area (Å²) in [5.74, 6) is 0.774. The second-order valence-corrected chi connectivity index (χ2v) is 4.30. The Morgan fingerprint density at radius 2 is 1.69 bits per heavy atom. The summed E-state index contributed by atoms with van der Waals surface area (Å²) in [7, 11) is 0. The Kier molecular flexibility index (Phi) is 6.62. The molecule has 0 saturated heterocycles. The molecule has 76 valence electrons. The third kappa shape index (κ3) is 7.80. The first-order valence-corrected chi connectivity index (χ1v) is 5.19. The minimum atomic E-state index is 0.326. The van der Waals surface area contributed by atoms with Crippen LogP contribution in [0.25, 0.3) is 0 Å². The van der Waals surface area contributed by atoms with Crippen LogP contribution in [0.4, 0.5) is 0 Å². The molecule has 0 saturated carbocycles. The van der Waals surface area contributed by atoms with E-state index >= 15 is 0 Å². The van der Waals surface area contributed by atoms with E-state index in [0.29, 0.717) is 18.5 Å². The van der Waals surface area contributed by atoms with E-state index in [2.05, 4.69) is 39.1 Å². The summed E-state index contributed by atoms with van der Waals surface area (Å²) in [6, 6.07) is 3.03. The molecule has 0 spiro atoms. The van der Waals surface area contributed by atoms with E-state index in [9.17, 15) is 0 Å². The molecule has 1 N–H and O–H groups in total. The Labute approximate surface area is 82.3 Å². The molecule has 0 fully saturated rings. The van der Waals surface area contributed by atoms with E-state index in [1.807, 2.05) is 0 Å². The van der Waals surface area contributed by atoms with Crippen molar-refractivity contribution in [2.45, 2.75) is 59.0 Å². The molecule has 2 nitrogen and oxygen atoms in total. The molecule has 0 aliphatic carbocycles. The van der Waals surface area contributed by atoms with Crippen molar-refractivity contribution in [2.24, 2.45) is 5.92 Å². The van der Waals surface area contributed by atoms with Crippen LogP contribution in [0, 0.1) is 17.2 Å². The minimum absolute atomic E-state index is 0.326. The smallest absolute Gasteiger partial charge is 0.0638 e. The van der Waals surface area contributed by atoms with Crippen LogP contribution in [0.15, 0.2) is 0 Å². The molecular weight excluding hydrogens is 160 g/mol. The fourth-order valence-corrected chi connectivity index (χ4v) is 1.35. The van der Waals surface area contributed by atoms with E-state index in [1.54, 1.807) is 0 Å². The monoisotopic (exact) mass is 182 g/mol. The number of hydrogen-bond acceptors (Lipinski definition) is 2. The van der Waals surface area contributed by atoms with Crippen LogP contribution in [-0.2, 0) is 0 Å². The van der Waals surface area contributed by atoms with Gasteiger partial charge in [-0.1, -0.05) is 13.8 Å². The lowest BCUT2D eigenvalue weighted by Crippen LogP contribution is -2.34. The second kappa shape index (κ2) is 6.91. The van der Waals surface area contributed by atoms with Crippen molar-refractivity contribution in [3.05, 3.63) is 0 Å². The van der Waals surface area contributed by atoms with Gasteiger partial charge in [-0.15, -0.1) is 0 Å². The maximum Gasteiger partial charge on any atom is 0.0638 e. The molecule has 0 aromatic heterocycles. The lowest BCUT2D eigenvalue weighted by atomic mass is 10.0. The minimum Gasteiger partial charge on any atom is -0.311 e. The quantitative estimate of drug-likeness (QED) is 0.685. The third-order valence-corrected chi connectivity index (χ3v) is 2.14. The van der Waals surface area contributed by atoms with Crippen LogP contribution in [0.5, 0.6) is 0 Å². The van der Waals surface area contributed by atoms with E-state index in [-0.39, 0.29) is 0 Å². The van der Waals surface area contributed by atoms with Crippen LogP contribution >= 0.6 is 0 Å². The molecule has 0 aliphatic rings. The topological polar surface area (TPSA) is 35.8 Å². The second-order valence-electron chi connectivity index (χ2n) is 4.30. The van der Waals surface area contributed by atoms with Gasteiger partial charge in [-0.2, -0.15) is 5.26 Å². The molecule has 0 amide bonds. The third-order valence-electron chi connectivity index (χ3n) is 2.14. The van der Waals surface area contributed by atoms with Crippen molar-refractivity contribution in [3.63, 3.8) is 0 Å². The van der Waals surface area contributed by atoms with Crippen LogP contribution in [0.3, 0.4) is 0 Å². The Bertz CT molecular complexity index is 158. The van der Waals surface area contributed by atoms with Crippen LogP contribution < -0.4 is 5.32 Å². The normalized spacial score (nSPS) is 15.4. The first kappa shape index (κ1) is 12.4. The highest BCUT2D eigenvalue weighted by atomic mass is 14.9. The SMILES string of the molecule is CC(C)CCC(C)NC(C)CC#N. The van der Waals surface area contributed by atoms with Crippen molar-refractivity contribution in [3.8, 4) is 6.07 Å². The van der Waals surface area contributed by atoms with Crippen molar-refractivity contribution in [1.29, 1.82) is 5.26 Å².